The summed E-state index contributed by atoms with van der Waals surface area (Å²) in [7, 11) is -1.74. The summed E-state index contributed by atoms with van der Waals surface area (Å²) in [6.45, 7) is 3.20. The highest BCUT2D eigenvalue weighted by molar-refractivity contribution is 6.27. The van der Waals surface area contributed by atoms with E-state index in [0.717, 1.165) is 6.08 Å². The molecule has 0 spiro atoms. The minimum Gasteiger partial charge on any atom is -0.507 e. The van der Waals surface area contributed by atoms with Crippen molar-refractivity contribution in [3.05, 3.63) is 42.5 Å². The Labute approximate surface area is 94.4 Å². The number of para-hydroxylation sites is 1. The van der Waals surface area contributed by atoms with Crippen molar-refractivity contribution in [3.8, 4) is 5.75 Å². The predicted octanol–water partition coefficient (Wildman–Crippen LogP) is 0.277. The van der Waals surface area contributed by atoms with Gasteiger partial charge in [-0.25, -0.2) is 9.59 Å². The Hall–Kier alpha value is -2.08. The maximum absolute atomic E-state index is 11.4. The monoisotopic (exact) mass is 238 g/mol. The predicted molar refractivity (Wildman–Crippen MR) is 58.4 cm³/mol. The minimum absolute atomic E-state index is 0.0460. The summed E-state index contributed by atoms with van der Waals surface area (Å²) in [5.41, 5.74) is 0.0460. The Morgan fingerprint density at radius 1 is 1.31 bits per heavy atom. The van der Waals surface area contributed by atoms with Gasteiger partial charge in [-0.1, -0.05) is 18.7 Å². The Morgan fingerprint density at radius 3 is 2.62 bits per heavy atom. The van der Waals surface area contributed by atoms with Crippen LogP contribution in [0.1, 0.15) is 10.4 Å². The third-order valence-corrected chi connectivity index (χ3v) is 2.46. The summed E-state index contributed by atoms with van der Waals surface area (Å²) in [5.74, 6) is -1.50. The molecule has 0 fully saturated rings. The number of rotatable bonds is 4. The van der Waals surface area contributed by atoms with Crippen molar-refractivity contribution in [2.75, 3.05) is 0 Å². The molecule has 0 amide bonds. The molecule has 0 bridgehead atoms. The molecule has 0 atom stereocenters. The third-order valence-electron chi connectivity index (χ3n) is 1.68. The van der Waals surface area contributed by atoms with E-state index in [4.69, 9.17) is 4.43 Å². The van der Waals surface area contributed by atoms with Crippen LogP contribution in [0.4, 0.5) is 0 Å². The zero-order valence-corrected chi connectivity index (χ0v) is 9.80. The number of carbonyl (C=O) groups is 2. The van der Waals surface area contributed by atoms with Gasteiger partial charge in [0, 0.05) is 6.08 Å². The fourth-order valence-electron chi connectivity index (χ4n) is 0.924. The van der Waals surface area contributed by atoms with Crippen molar-refractivity contribution in [3.63, 3.8) is 0 Å². The zero-order valence-electron chi connectivity index (χ0n) is 8.38. The molecule has 0 heterocycles. The van der Waals surface area contributed by atoms with Gasteiger partial charge in [0.15, 0.2) is 0 Å². The molecule has 1 rings (SSSR count). The van der Waals surface area contributed by atoms with E-state index >= 15 is 0 Å². The Balaban J connectivity index is 2.50. The standard InChI is InChI=1S/C10H10O5Si/c1-2-9(12)14-16-15-10(13)7-5-3-4-6-8(7)11/h2-6,11H,1,16H2. The van der Waals surface area contributed by atoms with E-state index in [2.05, 4.69) is 11.0 Å². The number of benzene rings is 1. The number of hydrogen-bond acceptors (Lipinski definition) is 5. The van der Waals surface area contributed by atoms with Gasteiger partial charge in [0.1, 0.15) is 11.3 Å². The van der Waals surface area contributed by atoms with Gasteiger partial charge in [0.05, 0.1) is 0 Å². The number of aromatic hydroxyl groups is 1. The summed E-state index contributed by atoms with van der Waals surface area (Å²) in [5, 5.41) is 9.33. The van der Waals surface area contributed by atoms with Crippen molar-refractivity contribution in [2.45, 2.75) is 0 Å². The second kappa shape index (κ2) is 5.71. The van der Waals surface area contributed by atoms with E-state index in [9.17, 15) is 14.7 Å². The second-order valence-electron chi connectivity index (χ2n) is 2.73. The number of phenols is 1. The van der Waals surface area contributed by atoms with Gasteiger partial charge in [0.25, 0.3) is 0 Å². The van der Waals surface area contributed by atoms with E-state index in [1.807, 2.05) is 0 Å². The van der Waals surface area contributed by atoms with Crippen LogP contribution < -0.4 is 0 Å². The van der Waals surface area contributed by atoms with Gasteiger partial charge < -0.3 is 14.0 Å². The summed E-state index contributed by atoms with van der Waals surface area (Å²) >= 11 is 0. The SMILES string of the molecule is C=CC(=O)O[SiH2]OC(=O)c1ccccc1O. The smallest absolute Gasteiger partial charge is 0.432 e. The average molecular weight is 238 g/mol. The molecule has 1 aromatic rings. The topological polar surface area (TPSA) is 72.8 Å². The number of hydrogen-bond donors (Lipinski definition) is 1. The van der Waals surface area contributed by atoms with E-state index < -0.39 is 21.9 Å². The number of phenolic OH excluding ortho intramolecular Hbond substituents is 1. The lowest BCUT2D eigenvalue weighted by molar-refractivity contribution is -0.129. The van der Waals surface area contributed by atoms with Crippen molar-refractivity contribution < 1.29 is 23.5 Å². The summed E-state index contributed by atoms with van der Waals surface area (Å²) in [4.78, 5) is 22.0. The lowest BCUT2D eigenvalue weighted by atomic mass is 10.2. The lowest BCUT2D eigenvalue weighted by Crippen LogP contribution is -2.14. The van der Waals surface area contributed by atoms with Gasteiger partial charge in [-0.05, 0) is 12.1 Å². The minimum atomic E-state index is -1.74. The Kier molecular flexibility index (Phi) is 4.28. The van der Waals surface area contributed by atoms with Crippen molar-refractivity contribution >= 4 is 21.9 Å². The van der Waals surface area contributed by atoms with E-state index in [-0.39, 0.29) is 11.3 Å². The first-order chi connectivity index (χ1) is 7.65. The van der Waals surface area contributed by atoms with Crippen LogP contribution in [0.25, 0.3) is 0 Å². The Bertz CT molecular complexity index is 415. The van der Waals surface area contributed by atoms with Crippen molar-refractivity contribution in [1.82, 2.24) is 0 Å². The van der Waals surface area contributed by atoms with Gasteiger partial charge in [-0.2, -0.15) is 0 Å². The van der Waals surface area contributed by atoms with Crippen molar-refractivity contribution in [2.24, 2.45) is 0 Å². The molecule has 0 aromatic heterocycles. The average Bonchev–Trinajstić information content (AvgIpc) is 2.29. The quantitative estimate of drug-likeness (QED) is 0.602. The molecular formula is C10H10O5Si. The van der Waals surface area contributed by atoms with Crippen LogP contribution in [-0.2, 0) is 13.6 Å². The molecule has 0 radical (unpaired) electrons. The normalized spacial score (nSPS) is 10.0. The molecule has 0 aliphatic rings. The molecule has 0 unspecified atom stereocenters. The van der Waals surface area contributed by atoms with Crippen LogP contribution in [-0.4, -0.2) is 27.1 Å². The maximum atomic E-state index is 11.4. The highest BCUT2D eigenvalue weighted by Crippen LogP contribution is 2.16. The molecule has 0 saturated heterocycles. The van der Waals surface area contributed by atoms with E-state index in [1.165, 1.54) is 12.1 Å². The fraction of sp³-hybridized carbons (Fsp3) is 0. The van der Waals surface area contributed by atoms with Gasteiger partial charge in [0.2, 0.25) is 0 Å². The first-order valence-corrected chi connectivity index (χ1v) is 5.55. The molecule has 0 saturated carbocycles. The van der Waals surface area contributed by atoms with Crippen LogP contribution in [0.2, 0.25) is 0 Å². The van der Waals surface area contributed by atoms with E-state index in [0.29, 0.717) is 0 Å². The van der Waals surface area contributed by atoms with Crippen LogP contribution >= 0.6 is 0 Å². The van der Waals surface area contributed by atoms with Crippen LogP contribution in [0.5, 0.6) is 5.75 Å². The second-order valence-corrected chi connectivity index (χ2v) is 3.55. The molecule has 84 valence electrons. The van der Waals surface area contributed by atoms with Crippen LogP contribution in [0.3, 0.4) is 0 Å². The summed E-state index contributed by atoms with van der Waals surface area (Å²) in [6.07, 6.45) is 0.987. The largest absolute Gasteiger partial charge is 0.507 e. The molecule has 1 N–H and O–H groups in total. The first-order valence-electron chi connectivity index (χ1n) is 4.39. The molecule has 0 aliphatic carbocycles. The first kappa shape index (κ1) is 12.0. The van der Waals surface area contributed by atoms with Crippen molar-refractivity contribution in [1.29, 1.82) is 0 Å². The molecule has 1 aromatic carbocycles. The van der Waals surface area contributed by atoms with Gasteiger partial charge in [-0.15, -0.1) is 0 Å². The molecular weight excluding hydrogens is 228 g/mol. The third kappa shape index (κ3) is 3.25. The summed E-state index contributed by atoms with van der Waals surface area (Å²) < 4.78 is 9.31. The van der Waals surface area contributed by atoms with Crippen LogP contribution in [0, 0.1) is 0 Å². The summed E-state index contributed by atoms with van der Waals surface area (Å²) in [6, 6.07) is 5.96. The molecule has 0 aliphatic heterocycles. The maximum Gasteiger partial charge on any atom is 0.432 e. The van der Waals surface area contributed by atoms with Gasteiger partial charge in [-0.3, -0.25) is 0 Å². The molecule has 16 heavy (non-hydrogen) atoms. The fourth-order valence-corrected chi connectivity index (χ4v) is 1.48. The van der Waals surface area contributed by atoms with E-state index in [1.54, 1.807) is 12.1 Å². The Morgan fingerprint density at radius 2 is 2.00 bits per heavy atom. The lowest BCUT2D eigenvalue weighted by Gasteiger charge is -2.05. The zero-order chi connectivity index (χ0) is 12.0. The molecule has 5 nitrogen and oxygen atoms in total. The highest BCUT2D eigenvalue weighted by atomic mass is 28.3. The van der Waals surface area contributed by atoms with Crippen LogP contribution in [0.15, 0.2) is 36.9 Å². The number of carbonyl (C=O) groups excluding carboxylic acids is 2. The highest BCUT2D eigenvalue weighted by Gasteiger charge is 2.11. The van der Waals surface area contributed by atoms with Gasteiger partial charge >= 0.3 is 21.9 Å². The molecule has 6 heteroatoms.